The van der Waals surface area contributed by atoms with Crippen LogP contribution in [0.5, 0.6) is 0 Å². The van der Waals surface area contributed by atoms with E-state index in [0.29, 0.717) is 30.8 Å². The number of ether oxygens (including phenoxy) is 2. The molecule has 0 radical (unpaired) electrons. The van der Waals surface area contributed by atoms with Crippen LogP contribution in [0.1, 0.15) is 24.3 Å². The van der Waals surface area contributed by atoms with Crippen LogP contribution in [-0.4, -0.2) is 50.3 Å². The van der Waals surface area contributed by atoms with Crippen molar-refractivity contribution in [3.05, 3.63) is 82.8 Å². The zero-order valence-corrected chi connectivity index (χ0v) is 21.1. The molecule has 0 aromatic heterocycles. The number of esters is 2. The van der Waals surface area contributed by atoms with Crippen LogP contribution in [-0.2, 0) is 23.9 Å². The van der Waals surface area contributed by atoms with Crippen LogP contribution in [0.4, 0.5) is 11.4 Å². The molecule has 2 aliphatic rings. The zero-order chi connectivity index (χ0) is 27.4. The quantitative estimate of drug-likeness (QED) is 0.550. The Balaban J connectivity index is 1.84. The first-order valence-corrected chi connectivity index (χ1v) is 12.1. The van der Waals surface area contributed by atoms with Gasteiger partial charge in [0.2, 0.25) is 0 Å². The van der Waals surface area contributed by atoms with E-state index in [2.05, 4.69) is 6.07 Å². The standard InChI is InChI=1S/C28H28N4O6/c1-37-27(35)23-22(17-7-4-3-5-8-17)21(15-29)25(30)32(24(23)28(36)38-2)20-12-10-19(11-13-20)31-14-6-9-18(16-31)26(33)34/h3-5,7-8,10-13,18,22H,6,9,14,16,30H2,1-2H3,(H,33,34). The average molecular weight is 517 g/mol. The van der Waals surface area contributed by atoms with Crippen molar-refractivity contribution < 1.29 is 29.0 Å². The first-order valence-electron chi connectivity index (χ1n) is 12.1. The summed E-state index contributed by atoms with van der Waals surface area (Å²) in [5.74, 6) is -3.86. The molecule has 0 spiro atoms. The Kier molecular flexibility index (Phi) is 7.67. The van der Waals surface area contributed by atoms with Gasteiger partial charge in [0.05, 0.1) is 43.3 Å². The monoisotopic (exact) mass is 516 g/mol. The number of nitrogens with two attached hydrogens (primary N) is 1. The van der Waals surface area contributed by atoms with E-state index in [1.807, 2.05) is 4.90 Å². The molecule has 10 heteroatoms. The maximum absolute atomic E-state index is 13.2. The third-order valence-corrected chi connectivity index (χ3v) is 6.85. The topological polar surface area (TPSA) is 146 Å². The molecular weight excluding hydrogens is 488 g/mol. The minimum Gasteiger partial charge on any atom is -0.481 e. The molecule has 38 heavy (non-hydrogen) atoms. The number of methoxy groups -OCH3 is 2. The van der Waals surface area contributed by atoms with Crippen molar-refractivity contribution in [3.63, 3.8) is 0 Å². The number of hydrogen-bond acceptors (Lipinski definition) is 9. The summed E-state index contributed by atoms with van der Waals surface area (Å²) in [4.78, 5) is 41.1. The molecule has 0 amide bonds. The molecule has 4 rings (SSSR count). The second-order valence-corrected chi connectivity index (χ2v) is 8.98. The number of nitrogens with zero attached hydrogens (tertiary/aromatic N) is 3. The third kappa shape index (κ3) is 4.78. The first kappa shape index (κ1) is 26.3. The van der Waals surface area contributed by atoms with Gasteiger partial charge in [0, 0.05) is 24.5 Å². The molecule has 2 aromatic carbocycles. The van der Waals surface area contributed by atoms with Gasteiger partial charge in [-0.05, 0) is 42.7 Å². The van der Waals surface area contributed by atoms with Crippen molar-refractivity contribution in [2.45, 2.75) is 18.8 Å². The first-order chi connectivity index (χ1) is 18.3. The van der Waals surface area contributed by atoms with E-state index >= 15 is 0 Å². The summed E-state index contributed by atoms with van der Waals surface area (Å²) in [6.07, 6.45) is 1.38. The molecule has 0 aliphatic carbocycles. The normalized spacial score (nSPS) is 19.6. The Morgan fingerprint density at radius 2 is 1.63 bits per heavy atom. The van der Waals surface area contributed by atoms with Gasteiger partial charge < -0.3 is 25.2 Å². The number of hydrogen-bond donors (Lipinski definition) is 2. The lowest BCUT2D eigenvalue weighted by atomic mass is 9.81. The molecule has 2 aromatic rings. The Bertz CT molecular complexity index is 1340. The second-order valence-electron chi connectivity index (χ2n) is 8.98. The van der Waals surface area contributed by atoms with Crippen LogP contribution >= 0.6 is 0 Å². The van der Waals surface area contributed by atoms with Crippen molar-refractivity contribution in [1.82, 2.24) is 0 Å². The summed E-state index contributed by atoms with van der Waals surface area (Å²) in [5, 5.41) is 19.6. The van der Waals surface area contributed by atoms with E-state index in [-0.39, 0.29) is 22.7 Å². The van der Waals surface area contributed by atoms with Crippen LogP contribution in [0.25, 0.3) is 0 Å². The highest BCUT2D eigenvalue weighted by Crippen LogP contribution is 2.43. The van der Waals surface area contributed by atoms with E-state index in [1.54, 1.807) is 54.6 Å². The summed E-state index contributed by atoms with van der Waals surface area (Å²) in [6, 6.07) is 17.9. The summed E-state index contributed by atoms with van der Waals surface area (Å²) in [6.45, 7) is 1.10. The predicted molar refractivity (Wildman–Crippen MR) is 139 cm³/mol. The molecule has 2 unspecified atom stereocenters. The number of rotatable bonds is 6. The van der Waals surface area contributed by atoms with Gasteiger partial charge in [-0.1, -0.05) is 30.3 Å². The van der Waals surface area contributed by atoms with Crippen molar-refractivity contribution in [3.8, 4) is 6.07 Å². The highest BCUT2D eigenvalue weighted by molar-refractivity contribution is 6.06. The second kappa shape index (κ2) is 11.1. The van der Waals surface area contributed by atoms with Crippen molar-refractivity contribution in [2.24, 2.45) is 11.7 Å². The fourth-order valence-electron chi connectivity index (χ4n) is 5.01. The van der Waals surface area contributed by atoms with Crippen molar-refractivity contribution in [1.29, 1.82) is 5.26 Å². The molecule has 3 N–H and O–H groups in total. The van der Waals surface area contributed by atoms with Gasteiger partial charge >= 0.3 is 17.9 Å². The van der Waals surface area contributed by atoms with Crippen LogP contribution in [0.15, 0.2) is 77.3 Å². The number of allylic oxidation sites excluding steroid dienone is 1. The molecule has 10 nitrogen and oxygen atoms in total. The Labute approximate surface area is 220 Å². The van der Waals surface area contributed by atoms with Gasteiger partial charge in [-0.3, -0.25) is 9.69 Å². The van der Waals surface area contributed by atoms with Gasteiger partial charge in [0.1, 0.15) is 11.5 Å². The van der Waals surface area contributed by atoms with Crippen LogP contribution in [0, 0.1) is 17.2 Å². The smallest absolute Gasteiger partial charge is 0.355 e. The lowest BCUT2D eigenvalue weighted by Gasteiger charge is -2.36. The average Bonchev–Trinajstić information content (AvgIpc) is 2.96. The Morgan fingerprint density at radius 1 is 1.00 bits per heavy atom. The Morgan fingerprint density at radius 3 is 2.21 bits per heavy atom. The molecule has 0 bridgehead atoms. The third-order valence-electron chi connectivity index (χ3n) is 6.85. The molecule has 2 heterocycles. The van der Waals surface area contributed by atoms with Gasteiger partial charge in [-0.15, -0.1) is 0 Å². The van der Waals surface area contributed by atoms with E-state index < -0.39 is 29.7 Å². The van der Waals surface area contributed by atoms with Crippen molar-refractivity contribution >= 4 is 29.3 Å². The molecule has 2 atom stereocenters. The molecule has 0 saturated carbocycles. The van der Waals surface area contributed by atoms with Crippen LogP contribution < -0.4 is 15.5 Å². The van der Waals surface area contributed by atoms with E-state index in [4.69, 9.17) is 15.2 Å². The number of carbonyl (C=O) groups excluding carboxylic acids is 2. The van der Waals surface area contributed by atoms with Gasteiger partial charge in [-0.25, -0.2) is 9.59 Å². The van der Waals surface area contributed by atoms with Gasteiger partial charge in [0.25, 0.3) is 0 Å². The zero-order valence-electron chi connectivity index (χ0n) is 21.1. The molecular formula is C28H28N4O6. The summed E-state index contributed by atoms with van der Waals surface area (Å²) in [7, 11) is 2.39. The van der Waals surface area contributed by atoms with Crippen molar-refractivity contribution in [2.75, 3.05) is 37.1 Å². The molecule has 2 aliphatic heterocycles. The number of nitriles is 1. The lowest BCUT2D eigenvalue weighted by Crippen LogP contribution is -2.41. The molecule has 1 saturated heterocycles. The number of benzene rings is 2. The SMILES string of the molecule is COC(=O)C1=C(C(=O)OC)N(c2ccc(N3CCCC(C(=O)O)C3)cc2)C(N)=C(C#N)C1c1ccccc1. The number of carboxylic acids is 1. The Hall–Kier alpha value is -4.78. The number of anilines is 2. The number of carboxylic acid groups (broad SMARTS) is 1. The summed E-state index contributed by atoms with van der Waals surface area (Å²) >= 11 is 0. The lowest BCUT2D eigenvalue weighted by molar-refractivity contribution is -0.142. The van der Waals surface area contributed by atoms with Crippen LogP contribution in [0.2, 0.25) is 0 Å². The van der Waals surface area contributed by atoms with Gasteiger partial charge in [-0.2, -0.15) is 5.26 Å². The van der Waals surface area contributed by atoms with E-state index in [0.717, 1.165) is 12.1 Å². The molecule has 1 fully saturated rings. The van der Waals surface area contributed by atoms with E-state index in [1.165, 1.54) is 19.1 Å². The minimum atomic E-state index is -0.945. The summed E-state index contributed by atoms with van der Waals surface area (Å²) in [5.41, 5.74) is 8.19. The number of aliphatic carboxylic acids is 1. The number of carbonyl (C=O) groups is 3. The maximum Gasteiger partial charge on any atom is 0.355 e. The molecule has 196 valence electrons. The predicted octanol–water partition coefficient (Wildman–Crippen LogP) is 2.89. The largest absolute Gasteiger partial charge is 0.481 e. The fraction of sp³-hybridized carbons (Fsp3) is 0.286. The highest BCUT2D eigenvalue weighted by Gasteiger charge is 2.43. The summed E-state index contributed by atoms with van der Waals surface area (Å²) < 4.78 is 10.1. The maximum atomic E-state index is 13.2. The fourth-order valence-corrected chi connectivity index (χ4v) is 5.01. The number of piperidine rings is 1. The van der Waals surface area contributed by atoms with Gasteiger partial charge in [0.15, 0.2) is 0 Å². The van der Waals surface area contributed by atoms with Crippen LogP contribution in [0.3, 0.4) is 0 Å². The highest BCUT2D eigenvalue weighted by atomic mass is 16.5. The van der Waals surface area contributed by atoms with E-state index in [9.17, 15) is 24.8 Å². The minimum absolute atomic E-state index is 0.0222.